The van der Waals surface area contributed by atoms with Crippen molar-refractivity contribution in [2.45, 2.75) is 33.4 Å². The summed E-state index contributed by atoms with van der Waals surface area (Å²) >= 11 is 0. The molecule has 144 valence electrons. The predicted molar refractivity (Wildman–Crippen MR) is 110 cm³/mol. The number of aromatic nitrogens is 5. The standard InChI is InChI=1S/C21H23N5O2/c1-6-12-24-19(27)17-18(23(5)21(24)28)22-20-25(13(2)14(3)26(17)20)15(4)16-10-8-7-9-11-16/h6-11,15H,1,12H2,2-5H3. The van der Waals surface area contributed by atoms with Crippen LogP contribution < -0.4 is 11.2 Å². The van der Waals surface area contributed by atoms with Gasteiger partial charge in [0, 0.05) is 25.0 Å². The van der Waals surface area contributed by atoms with E-state index in [2.05, 4.69) is 30.2 Å². The van der Waals surface area contributed by atoms with Crippen molar-refractivity contribution in [2.24, 2.45) is 7.05 Å². The second-order valence-electron chi connectivity index (χ2n) is 7.09. The Morgan fingerprint density at radius 3 is 2.46 bits per heavy atom. The second-order valence-corrected chi connectivity index (χ2v) is 7.09. The van der Waals surface area contributed by atoms with Gasteiger partial charge in [-0.2, -0.15) is 4.98 Å². The molecule has 1 atom stereocenters. The molecule has 0 amide bonds. The Morgan fingerprint density at radius 2 is 1.82 bits per heavy atom. The summed E-state index contributed by atoms with van der Waals surface area (Å²) in [6.45, 7) is 9.92. The number of hydrogen-bond donors (Lipinski definition) is 0. The van der Waals surface area contributed by atoms with E-state index in [0.29, 0.717) is 16.9 Å². The lowest BCUT2D eigenvalue weighted by molar-refractivity contribution is 0.637. The zero-order chi connectivity index (χ0) is 20.2. The fraction of sp³-hybridized carbons (Fsp3) is 0.286. The van der Waals surface area contributed by atoms with Crippen molar-refractivity contribution in [1.29, 1.82) is 0 Å². The lowest BCUT2D eigenvalue weighted by Gasteiger charge is -2.16. The van der Waals surface area contributed by atoms with Gasteiger partial charge in [0.25, 0.3) is 5.56 Å². The minimum atomic E-state index is -0.393. The molecule has 0 saturated heterocycles. The Bertz CT molecular complexity index is 1340. The Morgan fingerprint density at radius 1 is 1.14 bits per heavy atom. The van der Waals surface area contributed by atoms with Crippen LogP contribution in [0.15, 0.2) is 52.6 Å². The van der Waals surface area contributed by atoms with Crippen LogP contribution in [0.25, 0.3) is 16.9 Å². The van der Waals surface area contributed by atoms with Crippen LogP contribution in [0.4, 0.5) is 0 Å². The van der Waals surface area contributed by atoms with E-state index in [0.717, 1.165) is 17.0 Å². The van der Waals surface area contributed by atoms with E-state index < -0.39 is 5.69 Å². The Kier molecular flexibility index (Phi) is 4.10. The average molecular weight is 377 g/mol. The number of imidazole rings is 2. The molecule has 0 radical (unpaired) electrons. The number of nitrogens with zero attached hydrogens (tertiary/aromatic N) is 5. The molecule has 0 spiro atoms. The number of aryl methyl sites for hydroxylation is 2. The van der Waals surface area contributed by atoms with Gasteiger partial charge < -0.3 is 4.57 Å². The summed E-state index contributed by atoms with van der Waals surface area (Å²) in [4.78, 5) is 30.4. The number of hydrogen-bond acceptors (Lipinski definition) is 3. The highest BCUT2D eigenvalue weighted by Gasteiger charge is 2.24. The fourth-order valence-corrected chi connectivity index (χ4v) is 3.91. The molecule has 0 aliphatic heterocycles. The van der Waals surface area contributed by atoms with Gasteiger partial charge in [0.15, 0.2) is 11.2 Å². The van der Waals surface area contributed by atoms with Crippen LogP contribution in [0.5, 0.6) is 0 Å². The molecule has 7 heteroatoms. The van der Waals surface area contributed by atoms with Gasteiger partial charge in [-0.1, -0.05) is 36.4 Å². The molecule has 0 bridgehead atoms. The maximum absolute atomic E-state index is 13.1. The van der Waals surface area contributed by atoms with Crippen LogP contribution in [0.2, 0.25) is 0 Å². The zero-order valence-corrected chi connectivity index (χ0v) is 16.5. The number of rotatable bonds is 4. The Hall–Kier alpha value is -3.35. The maximum Gasteiger partial charge on any atom is 0.332 e. The normalized spacial score (nSPS) is 12.7. The molecule has 3 aromatic heterocycles. The predicted octanol–water partition coefficient (Wildman–Crippen LogP) is 2.56. The Labute approximate surface area is 161 Å². The number of benzene rings is 1. The second kappa shape index (κ2) is 6.37. The van der Waals surface area contributed by atoms with Crippen LogP contribution in [-0.2, 0) is 13.6 Å². The third kappa shape index (κ3) is 2.32. The van der Waals surface area contributed by atoms with Crippen molar-refractivity contribution in [3.05, 3.63) is 80.8 Å². The number of fused-ring (bicyclic) bond motifs is 3. The van der Waals surface area contributed by atoms with Gasteiger partial charge >= 0.3 is 5.69 Å². The first kappa shape index (κ1) is 18.0. The largest absolute Gasteiger partial charge is 0.332 e. The van der Waals surface area contributed by atoms with Gasteiger partial charge in [0.05, 0.1) is 6.04 Å². The van der Waals surface area contributed by atoms with E-state index in [4.69, 9.17) is 4.98 Å². The van der Waals surface area contributed by atoms with Crippen LogP contribution in [0, 0.1) is 13.8 Å². The quantitative estimate of drug-likeness (QED) is 0.514. The fourth-order valence-electron chi connectivity index (χ4n) is 3.91. The molecule has 4 rings (SSSR count). The summed E-state index contributed by atoms with van der Waals surface area (Å²) in [5.41, 5.74) is 3.17. The van der Waals surface area contributed by atoms with Crippen LogP contribution in [0.1, 0.15) is 29.9 Å². The highest BCUT2D eigenvalue weighted by Crippen LogP contribution is 2.27. The summed E-state index contributed by atoms with van der Waals surface area (Å²) < 4.78 is 6.60. The Balaban J connectivity index is 2.14. The van der Waals surface area contributed by atoms with Crippen molar-refractivity contribution in [3.8, 4) is 0 Å². The first-order valence-corrected chi connectivity index (χ1v) is 9.23. The van der Waals surface area contributed by atoms with Crippen LogP contribution in [-0.4, -0.2) is 23.1 Å². The summed E-state index contributed by atoms with van der Waals surface area (Å²) in [6, 6.07) is 10.2. The van der Waals surface area contributed by atoms with E-state index in [9.17, 15) is 9.59 Å². The number of allylic oxidation sites excluding steroid dienone is 1. The van der Waals surface area contributed by atoms with E-state index in [1.165, 1.54) is 9.13 Å². The van der Waals surface area contributed by atoms with E-state index in [1.54, 1.807) is 13.1 Å². The van der Waals surface area contributed by atoms with Crippen molar-refractivity contribution >= 4 is 16.9 Å². The lowest BCUT2D eigenvalue weighted by atomic mass is 10.1. The molecule has 28 heavy (non-hydrogen) atoms. The third-order valence-electron chi connectivity index (χ3n) is 5.54. The molecule has 0 aliphatic rings. The van der Waals surface area contributed by atoms with Crippen molar-refractivity contribution in [1.82, 2.24) is 23.1 Å². The first-order valence-electron chi connectivity index (χ1n) is 9.23. The highest BCUT2D eigenvalue weighted by atomic mass is 16.2. The molecule has 0 fully saturated rings. The van der Waals surface area contributed by atoms with Crippen molar-refractivity contribution in [3.63, 3.8) is 0 Å². The molecule has 3 heterocycles. The van der Waals surface area contributed by atoms with Gasteiger partial charge in [-0.15, -0.1) is 6.58 Å². The molecule has 0 saturated carbocycles. The smallest absolute Gasteiger partial charge is 0.307 e. The molecular weight excluding hydrogens is 354 g/mol. The third-order valence-corrected chi connectivity index (χ3v) is 5.54. The molecule has 7 nitrogen and oxygen atoms in total. The van der Waals surface area contributed by atoms with Crippen molar-refractivity contribution < 1.29 is 0 Å². The summed E-state index contributed by atoms with van der Waals surface area (Å²) in [6.07, 6.45) is 1.55. The minimum absolute atomic E-state index is 0.0293. The monoisotopic (exact) mass is 377 g/mol. The summed E-state index contributed by atoms with van der Waals surface area (Å²) in [7, 11) is 1.64. The maximum atomic E-state index is 13.1. The molecule has 1 unspecified atom stereocenters. The van der Waals surface area contributed by atoms with E-state index in [-0.39, 0.29) is 18.1 Å². The zero-order valence-electron chi connectivity index (χ0n) is 16.5. The molecule has 0 aliphatic carbocycles. The first-order chi connectivity index (χ1) is 13.4. The van der Waals surface area contributed by atoms with Gasteiger partial charge in [-0.3, -0.25) is 18.3 Å². The van der Waals surface area contributed by atoms with Gasteiger partial charge in [0.1, 0.15) is 0 Å². The van der Waals surface area contributed by atoms with E-state index in [1.807, 2.05) is 36.4 Å². The van der Waals surface area contributed by atoms with Crippen molar-refractivity contribution in [2.75, 3.05) is 0 Å². The molecule has 4 aromatic rings. The van der Waals surface area contributed by atoms with E-state index >= 15 is 0 Å². The molecule has 0 N–H and O–H groups in total. The van der Waals surface area contributed by atoms with Gasteiger partial charge in [-0.05, 0) is 26.3 Å². The minimum Gasteiger partial charge on any atom is -0.307 e. The summed E-state index contributed by atoms with van der Waals surface area (Å²) in [5.74, 6) is 0.657. The summed E-state index contributed by atoms with van der Waals surface area (Å²) in [5, 5.41) is 0. The SMILES string of the molecule is C=CCn1c(=O)c2c(nc3n(C(C)c4ccccc4)c(C)c(C)n23)n(C)c1=O. The topological polar surface area (TPSA) is 66.2 Å². The van der Waals surface area contributed by atoms with Gasteiger partial charge in [-0.25, -0.2) is 4.79 Å². The van der Waals surface area contributed by atoms with Gasteiger partial charge in [0.2, 0.25) is 5.78 Å². The van der Waals surface area contributed by atoms with Crippen LogP contribution in [0.3, 0.4) is 0 Å². The lowest BCUT2D eigenvalue weighted by Crippen LogP contribution is -2.39. The molecular formula is C21H23N5O2. The average Bonchev–Trinajstić information content (AvgIpc) is 3.19. The van der Waals surface area contributed by atoms with Crippen LogP contribution >= 0.6 is 0 Å². The molecule has 1 aromatic carbocycles. The highest BCUT2D eigenvalue weighted by molar-refractivity contribution is 5.76.